The van der Waals surface area contributed by atoms with Gasteiger partial charge >= 0.3 is 12.1 Å². The van der Waals surface area contributed by atoms with Gasteiger partial charge in [0, 0.05) is 18.2 Å². The first-order chi connectivity index (χ1) is 14.0. The zero-order chi connectivity index (χ0) is 22.4. The number of hydrogen-bond donors (Lipinski definition) is 2. The Hall–Kier alpha value is -2.13. The number of ether oxygens (including phenoxy) is 1. The van der Waals surface area contributed by atoms with Crippen molar-refractivity contribution in [2.75, 3.05) is 26.3 Å². The molecule has 1 unspecified atom stereocenters. The van der Waals surface area contributed by atoms with E-state index in [1.807, 2.05) is 30.3 Å². The van der Waals surface area contributed by atoms with Crippen LogP contribution < -0.4 is 5.32 Å². The van der Waals surface area contributed by atoms with E-state index in [4.69, 9.17) is 14.6 Å². The molecule has 0 radical (unpaired) electrons. The molecule has 2 N–H and O–H groups in total. The van der Waals surface area contributed by atoms with Crippen LogP contribution in [0.5, 0.6) is 0 Å². The topological polar surface area (TPSA) is 78.9 Å². The monoisotopic (exact) mass is 430 g/mol. The van der Waals surface area contributed by atoms with Gasteiger partial charge in [-0.05, 0) is 63.7 Å². The van der Waals surface area contributed by atoms with Crippen molar-refractivity contribution in [2.24, 2.45) is 5.41 Å². The molecular formula is C21H29F3N2O4. The first-order valence-corrected chi connectivity index (χ1v) is 10.0. The van der Waals surface area contributed by atoms with Crippen molar-refractivity contribution in [3.63, 3.8) is 0 Å². The van der Waals surface area contributed by atoms with E-state index >= 15 is 0 Å². The summed E-state index contributed by atoms with van der Waals surface area (Å²) in [7, 11) is 0. The van der Waals surface area contributed by atoms with Crippen molar-refractivity contribution < 1.29 is 32.6 Å². The van der Waals surface area contributed by atoms with Crippen molar-refractivity contribution in [3.05, 3.63) is 35.9 Å². The summed E-state index contributed by atoms with van der Waals surface area (Å²) in [5.41, 5.74) is 0.932. The third-order valence-corrected chi connectivity index (χ3v) is 5.88. The van der Waals surface area contributed by atoms with E-state index in [1.165, 1.54) is 0 Å². The number of rotatable bonds is 3. The van der Waals surface area contributed by atoms with Gasteiger partial charge in [-0.25, -0.2) is 4.79 Å². The molecule has 2 fully saturated rings. The highest BCUT2D eigenvalue weighted by atomic mass is 19.4. The minimum Gasteiger partial charge on any atom is -0.475 e. The van der Waals surface area contributed by atoms with Crippen molar-refractivity contribution in [1.29, 1.82) is 0 Å². The number of carboxylic acids is 1. The number of nitrogens with zero attached hydrogens (tertiary/aromatic N) is 1. The number of aliphatic carboxylic acids is 1. The number of carbonyl (C=O) groups is 2. The van der Waals surface area contributed by atoms with Gasteiger partial charge in [-0.1, -0.05) is 18.2 Å². The molecule has 168 valence electrons. The molecule has 2 aliphatic heterocycles. The van der Waals surface area contributed by atoms with E-state index in [2.05, 4.69) is 24.1 Å². The highest BCUT2D eigenvalue weighted by Crippen LogP contribution is 2.41. The van der Waals surface area contributed by atoms with Crippen LogP contribution in [0.25, 0.3) is 0 Å². The van der Waals surface area contributed by atoms with Crippen molar-refractivity contribution in [2.45, 2.75) is 51.4 Å². The number of amides is 1. The number of piperidine rings is 1. The first kappa shape index (κ1) is 24.1. The molecule has 0 bridgehead atoms. The Morgan fingerprint density at radius 1 is 1.17 bits per heavy atom. The zero-order valence-electron chi connectivity index (χ0n) is 17.2. The summed E-state index contributed by atoms with van der Waals surface area (Å²) in [6.07, 6.45) is -1.73. The lowest BCUT2D eigenvalue weighted by atomic mass is 9.69. The molecule has 1 aromatic carbocycles. The number of halogens is 3. The fourth-order valence-corrected chi connectivity index (χ4v) is 3.94. The van der Waals surface area contributed by atoms with Crippen LogP contribution in [0.15, 0.2) is 30.3 Å². The molecule has 1 amide bonds. The standard InChI is InChI=1S/C19H28N2O2.C2HF3O2/c1-15(2)21-11-8-19(9-12-21)10-13-23-14-17(19)20-18(22)16-6-4-3-5-7-16;3-2(4,5)1(6)7/h3-7,15,17H,8-14H2,1-2H3,(H,20,22);(H,6,7). The van der Waals surface area contributed by atoms with Crippen molar-refractivity contribution in [1.82, 2.24) is 10.2 Å². The van der Waals surface area contributed by atoms with E-state index in [9.17, 15) is 18.0 Å². The second-order valence-electron chi connectivity index (χ2n) is 8.01. The molecule has 9 heteroatoms. The Morgan fingerprint density at radius 2 is 1.73 bits per heavy atom. The lowest BCUT2D eigenvalue weighted by Crippen LogP contribution is -2.58. The predicted molar refractivity (Wildman–Crippen MR) is 105 cm³/mol. The lowest BCUT2D eigenvalue weighted by Gasteiger charge is -2.49. The Bertz CT molecular complexity index is 702. The number of benzene rings is 1. The largest absolute Gasteiger partial charge is 0.490 e. The van der Waals surface area contributed by atoms with Crippen molar-refractivity contribution in [3.8, 4) is 0 Å². The van der Waals surface area contributed by atoms with Crippen LogP contribution in [0.3, 0.4) is 0 Å². The third kappa shape index (κ3) is 6.43. The van der Waals surface area contributed by atoms with Crippen LogP contribution >= 0.6 is 0 Å². The number of alkyl halides is 3. The Morgan fingerprint density at radius 3 is 2.23 bits per heavy atom. The fraction of sp³-hybridized carbons (Fsp3) is 0.619. The van der Waals surface area contributed by atoms with Crippen LogP contribution in [-0.4, -0.2) is 66.4 Å². The van der Waals surface area contributed by atoms with Gasteiger partial charge in [-0.3, -0.25) is 4.79 Å². The normalized spacial score (nSPS) is 21.6. The molecule has 3 rings (SSSR count). The minimum absolute atomic E-state index is 0.0202. The fourth-order valence-electron chi connectivity index (χ4n) is 3.94. The van der Waals surface area contributed by atoms with E-state index in [0.29, 0.717) is 12.6 Å². The predicted octanol–water partition coefficient (Wildman–Crippen LogP) is 3.33. The molecule has 6 nitrogen and oxygen atoms in total. The molecular weight excluding hydrogens is 401 g/mol. The number of carbonyl (C=O) groups excluding carboxylic acids is 1. The van der Waals surface area contributed by atoms with Gasteiger partial charge in [-0.15, -0.1) is 0 Å². The molecule has 1 atom stereocenters. The molecule has 1 spiro atoms. The molecule has 30 heavy (non-hydrogen) atoms. The van der Waals surface area contributed by atoms with Crippen LogP contribution in [0.4, 0.5) is 13.2 Å². The maximum absolute atomic E-state index is 12.5. The molecule has 2 aliphatic rings. The summed E-state index contributed by atoms with van der Waals surface area (Å²) >= 11 is 0. The summed E-state index contributed by atoms with van der Waals surface area (Å²) in [5.74, 6) is -2.74. The molecule has 2 heterocycles. The summed E-state index contributed by atoms with van der Waals surface area (Å²) < 4.78 is 37.4. The summed E-state index contributed by atoms with van der Waals surface area (Å²) in [4.78, 5) is 24.0. The number of likely N-dealkylation sites (tertiary alicyclic amines) is 1. The smallest absolute Gasteiger partial charge is 0.475 e. The maximum Gasteiger partial charge on any atom is 0.490 e. The van der Waals surface area contributed by atoms with Gasteiger partial charge in [-0.2, -0.15) is 13.2 Å². The van der Waals surface area contributed by atoms with Gasteiger partial charge in [0.05, 0.1) is 12.6 Å². The first-order valence-electron chi connectivity index (χ1n) is 10.0. The summed E-state index contributed by atoms with van der Waals surface area (Å²) in [5, 5.41) is 10.4. The van der Waals surface area contributed by atoms with Gasteiger partial charge in [0.25, 0.3) is 5.91 Å². The maximum atomic E-state index is 12.5. The summed E-state index contributed by atoms with van der Waals surface area (Å²) in [6, 6.07) is 10.2. The molecule has 0 aliphatic carbocycles. The van der Waals surface area contributed by atoms with Gasteiger partial charge in [0.15, 0.2) is 0 Å². The van der Waals surface area contributed by atoms with Gasteiger partial charge in [0.1, 0.15) is 0 Å². The SMILES string of the molecule is CC(C)N1CCC2(CCOCC2NC(=O)c2ccccc2)CC1.O=C(O)C(F)(F)F. The van der Waals surface area contributed by atoms with Crippen LogP contribution in [0, 0.1) is 5.41 Å². The van der Waals surface area contributed by atoms with E-state index in [0.717, 1.165) is 44.5 Å². The Balaban J connectivity index is 0.000000396. The van der Waals surface area contributed by atoms with Crippen molar-refractivity contribution >= 4 is 11.9 Å². The molecule has 0 saturated carbocycles. The highest BCUT2D eigenvalue weighted by molar-refractivity contribution is 5.94. The van der Waals surface area contributed by atoms with E-state index < -0.39 is 12.1 Å². The summed E-state index contributed by atoms with van der Waals surface area (Å²) in [6.45, 7) is 8.22. The lowest BCUT2D eigenvalue weighted by molar-refractivity contribution is -0.192. The molecule has 0 aromatic heterocycles. The molecule has 1 aromatic rings. The van der Waals surface area contributed by atoms with Gasteiger partial charge in [0.2, 0.25) is 0 Å². The number of carboxylic acid groups (broad SMARTS) is 1. The number of hydrogen-bond acceptors (Lipinski definition) is 4. The Kier molecular flexibility index (Phi) is 8.25. The third-order valence-electron chi connectivity index (χ3n) is 5.88. The second kappa shape index (κ2) is 10.3. The van der Waals surface area contributed by atoms with Crippen LogP contribution in [0.1, 0.15) is 43.5 Å². The zero-order valence-corrected chi connectivity index (χ0v) is 17.2. The van der Waals surface area contributed by atoms with Gasteiger partial charge < -0.3 is 20.1 Å². The van der Waals surface area contributed by atoms with Crippen LogP contribution in [0.2, 0.25) is 0 Å². The van der Waals surface area contributed by atoms with E-state index in [-0.39, 0.29) is 17.4 Å². The van der Waals surface area contributed by atoms with Crippen LogP contribution in [-0.2, 0) is 9.53 Å². The second-order valence-corrected chi connectivity index (χ2v) is 8.01. The molecule has 2 saturated heterocycles. The average molecular weight is 430 g/mol. The quantitative estimate of drug-likeness (QED) is 0.769. The van der Waals surface area contributed by atoms with E-state index in [1.54, 1.807) is 0 Å². The number of nitrogens with one attached hydrogen (secondary N) is 1. The Labute approximate surface area is 174 Å². The highest BCUT2D eigenvalue weighted by Gasteiger charge is 2.44. The average Bonchev–Trinajstić information content (AvgIpc) is 2.70. The minimum atomic E-state index is -5.08.